The van der Waals surface area contributed by atoms with Crippen molar-refractivity contribution in [1.82, 2.24) is 20.5 Å². The molecule has 2 aliphatic carbocycles. The number of hydrogen-bond donors (Lipinski definition) is 4. The third-order valence-electron chi connectivity index (χ3n) is 5.57. The molecule has 0 saturated carbocycles. The molecule has 2 bridgehead atoms. The Morgan fingerprint density at radius 1 is 1.14 bits per heavy atom. The van der Waals surface area contributed by atoms with Crippen LogP contribution in [0.3, 0.4) is 0 Å². The number of aromatic nitrogens is 1. The monoisotopic (exact) mass is 388 g/mol. The van der Waals surface area contributed by atoms with E-state index >= 15 is 0 Å². The average molecular weight is 389 g/mol. The van der Waals surface area contributed by atoms with Crippen LogP contribution in [-0.4, -0.2) is 55.5 Å². The summed E-state index contributed by atoms with van der Waals surface area (Å²) in [6, 6.07) is 10.2. The molecule has 1 aromatic heterocycles. The van der Waals surface area contributed by atoms with Gasteiger partial charge in [-0.1, -0.05) is 18.2 Å². The molecule has 29 heavy (non-hydrogen) atoms. The minimum absolute atomic E-state index is 0.272. The van der Waals surface area contributed by atoms with Crippen molar-refractivity contribution >= 4 is 24.1 Å². The maximum atomic E-state index is 7.56. The molecule has 6 nitrogen and oxygen atoms in total. The Morgan fingerprint density at radius 2 is 1.90 bits per heavy atom. The van der Waals surface area contributed by atoms with E-state index in [9.17, 15) is 0 Å². The fourth-order valence-electron chi connectivity index (χ4n) is 3.94. The molecular weight excluding hydrogens is 360 g/mol. The number of likely N-dealkylation sites (N-methyl/N-ethyl adjacent to an activating group) is 1. The molecule has 2 aromatic rings. The molecule has 1 aromatic carbocycles. The van der Waals surface area contributed by atoms with Gasteiger partial charge in [-0.2, -0.15) is 0 Å². The van der Waals surface area contributed by atoms with E-state index in [1.807, 2.05) is 19.3 Å². The number of fused-ring (bicyclic) bond motifs is 2. The summed E-state index contributed by atoms with van der Waals surface area (Å²) in [5.74, 6) is 0. The fourth-order valence-corrected chi connectivity index (χ4v) is 3.94. The lowest BCUT2D eigenvalue weighted by Crippen LogP contribution is -2.39. The van der Waals surface area contributed by atoms with Gasteiger partial charge in [0.15, 0.2) is 0 Å². The fraction of sp³-hybridized carbons (Fsp3) is 0.304. The van der Waals surface area contributed by atoms with E-state index in [0.717, 1.165) is 60.7 Å². The third-order valence-corrected chi connectivity index (χ3v) is 5.57. The number of piperazine rings is 1. The van der Waals surface area contributed by atoms with Crippen molar-refractivity contribution in [3.8, 4) is 0 Å². The summed E-state index contributed by atoms with van der Waals surface area (Å²) < 4.78 is 0. The summed E-state index contributed by atoms with van der Waals surface area (Å²) in [4.78, 5) is 6.31. The first-order valence-electron chi connectivity index (χ1n) is 10.1. The van der Waals surface area contributed by atoms with E-state index < -0.39 is 0 Å². The smallest absolute Gasteiger partial charge is 0.0857 e. The minimum Gasteiger partial charge on any atom is -0.338 e. The van der Waals surface area contributed by atoms with Crippen molar-refractivity contribution < 1.29 is 0 Å². The van der Waals surface area contributed by atoms with Crippen LogP contribution < -0.4 is 16.4 Å². The summed E-state index contributed by atoms with van der Waals surface area (Å²) in [7, 11) is 1.86. The van der Waals surface area contributed by atoms with Gasteiger partial charge in [0.25, 0.3) is 0 Å². The van der Waals surface area contributed by atoms with Crippen LogP contribution in [0.5, 0.6) is 0 Å². The highest BCUT2D eigenvalue weighted by Crippen LogP contribution is 2.36. The van der Waals surface area contributed by atoms with Crippen molar-refractivity contribution in [2.24, 2.45) is 5.73 Å². The van der Waals surface area contributed by atoms with Crippen LogP contribution in [-0.2, 0) is 6.42 Å². The van der Waals surface area contributed by atoms with Crippen molar-refractivity contribution in [3.63, 3.8) is 0 Å². The summed E-state index contributed by atoms with van der Waals surface area (Å²) in [5, 5.41) is 14.0. The topological polar surface area (TPSA) is 90.1 Å². The molecule has 1 saturated heterocycles. The van der Waals surface area contributed by atoms with Crippen LogP contribution in [0, 0.1) is 5.41 Å². The van der Waals surface area contributed by atoms with E-state index in [4.69, 9.17) is 11.1 Å². The Kier molecular flexibility index (Phi) is 5.85. The van der Waals surface area contributed by atoms with Crippen LogP contribution in [0.15, 0.2) is 42.2 Å². The van der Waals surface area contributed by atoms with Gasteiger partial charge in [0.05, 0.1) is 18.1 Å². The first-order chi connectivity index (χ1) is 14.2. The summed E-state index contributed by atoms with van der Waals surface area (Å²) in [6.07, 6.45) is 8.17. The highest BCUT2D eigenvalue weighted by Gasteiger charge is 2.26. The zero-order chi connectivity index (χ0) is 20.2. The second-order valence-corrected chi connectivity index (χ2v) is 7.52. The SMILES string of the molecule is C1CNCCN1.CN(C=N)C1=Cc2ccc3c(c2)C(=Cc2cccnc2C3)C1N. The molecule has 2 heterocycles. The van der Waals surface area contributed by atoms with E-state index in [-0.39, 0.29) is 6.04 Å². The third kappa shape index (κ3) is 4.15. The average Bonchev–Trinajstić information content (AvgIpc) is 3.00. The quantitative estimate of drug-likeness (QED) is 0.466. The van der Waals surface area contributed by atoms with E-state index in [2.05, 4.69) is 52.0 Å². The van der Waals surface area contributed by atoms with Crippen molar-refractivity contribution in [2.75, 3.05) is 33.2 Å². The molecule has 1 unspecified atom stereocenters. The molecule has 150 valence electrons. The summed E-state index contributed by atoms with van der Waals surface area (Å²) in [5.41, 5.74) is 14.4. The van der Waals surface area contributed by atoms with Gasteiger partial charge in [0.1, 0.15) is 0 Å². The zero-order valence-corrected chi connectivity index (χ0v) is 16.8. The summed E-state index contributed by atoms with van der Waals surface area (Å²) in [6.45, 7) is 4.56. The van der Waals surface area contributed by atoms with Crippen molar-refractivity contribution in [3.05, 3.63) is 70.2 Å². The van der Waals surface area contributed by atoms with Gasteiger partial charge >= 0.3 is 0 Å². The molecular formula is C23H28N6. The molecule has 1 aliphatic heterocycles. The lowest BCUT2D eigenvalue weighted by Gasteiger charge is -2.24. The Balaban J connectivity index is 0.000000294. The number of hydrogen-bond acceptors (Lipinski definition) is 5. The van der Waals surface area contributed by atoms with Crippen molar-refractivity contribution in [2.45, 2.75) is 12.5 Å². The summed E-state index contributed by atoms with van der Waals surface area (Å²) >= 11 is 0. The van der Waals surface area contributed by atoms with E-state index in [1.54, 1.807) is 4.90 Å². The Morgan fingerprint density at radius 3 is 2.59 bits per heavy atom. The molecule has 5 rings (SSSR count). The molecule has 0 spiro atoms. The van der Waals surface area contributed by atoms with Gasteiger partial charge in [0.2, 0.25) is 0 Å². The maximum Gasteiger partial charge on any atom is 0.0857 e. The minimum atomic E-state index is -0.272. The van der Waals surface area contributed by atoms with Crippen LogP contribution in [0.4, 0.5) is 0 Å². The Labute approximate surface area is 172 Å². The molecule has 3 aliphatic rings. The van der Waals surface area contributed by atoms with Crippen LogP contribution >= 0.6 is 0 Å². The molecule has 1 atom stereocenters. The first-order valence-corrected chi connectivity index (χ1v) is 10.1. The highest BCUT2D eigenvalue weighted by atomic mass is 15.1. The predicted octanol–water partition coefficient (Wildman–Crippen LogP) is 1.93. The van der Waals surface area contributed by atoms with Gasteiger partial charge in [-0.15, -0.1) is 0 Å². The number of nitrogens with zero attached hydrogens (tertiary/aromatic N) is 2. The Hall–Kier alpha value is -2.80. The standard InChI is InChI=1S/C19H18N4.C4H10N2/c1-23(11-20)18-8-12-4-5-13-10-17-14(3-2-6-22-17)9-16(19(18)21)15(13)7-12;1-2-6-4-3-5-1/h2-9,11,19-20H,10,21H2,1H3;5-6H,1-4H2. The van der Waals surface area contributed by atoms with Gasteiger partial charge < -0.3 is 21.3 Å². The largest absolute Gasteiger partial charge is 0.338 e. The highest BCUT2D eigenvalue weighted by molar-refractivity contribution is 5.92. The number of rotatable bonds is 2. The number of nitrogens with one attached hydrogen (secondary N) is 3. The van der Waals surface area contributed by atoms with Gasteiger partial charge in [-0.3, -0.25) is 10.4 Å². The lowest BCUT2D eigenvalue weighted by molar-refractivity contribution is 0.534. The lowest BCUT2D eigenvalue weighted by atomic mass is 9.94. The van der Waals surface area contributed by atoms with Crippen molar-refractivity contribution in [1.29, 1.82) is 5.41 Å². The van der Waals surface area contributed by atoms with Gasteiger partial charge in [0, 0.05) is 51.5 Å². The van der Waals surface area contributed by atoms with Crippen LogP contribution in [0.2, 0.25) is 0 Å². The zero-order valence-electron chi connectivity index (χ0n) is 16.8. The van der Waals surface area contributed by atoms with E-state index in [1.165, 1.54) is 17.5 Å². The maximum absolute atomic E-state index is 7.56. The first kappa shape index (κ1) is 19.5. The van der Waals surface area contributed by atoms with E-state index in [0.29, 0.717) is 0 Å². The number of nitrogens with two attached hydrogens (primary N) is 1. The molecule has 5 N–H and O–H groups in total. The second kappa shape index (κ2) is 8.69. The molecule has 0 radical (unpaired) electrons. The van der Waals surface area contributed by atoms with Crippen LogP contribution in [0.1, 0.15) is 27.9 Å². The van der Waals surface area contributed by atoms with Gasteiger partial charge in [-0.05, 0) is 52.1 Å². The number of benzene rings is 1. The second-order valence-electron chi connectivity index (χ2n) is 7.52. The normalized spacial score (nSPS) is 19.3. The molecule has 0 amide bonds. The molecule has 6 heteroatoms. The van der Waals surface area contributed by atoms with Gasteiger partial charge in [-0.25, -0.2) is 0 Å². The predicted molar refractivity (Wildman–Crippen MR) is 120 cm³/mol. The molecule has 1 fully saturated rings. The number of pyridine rings is 1. The Bertz CT molecular complexity index is 946. The van der Waals surface area contributed by atoms with Crippen LogP contribution in [0.25, 0.3) is 17.7 Å².